The highest BCUT2D eigenvalue weighted by Crippen LogP contribution is 2.31. The first-order chi connectivity index (χ1) is 8.08. The number of aryl methyl sites for hydroxylation is 1. The van der Waals surface area contributed by atoms with Crippen molar-refractivity contribution in [3.63, 3.8) is 0 Å². The zero-order chi connectivity index (χ0) is 12.4. The molecule has 92 valence electrons. The van der Waals surface area contributed by atoms with Crippen molar-refractivity contribution in [3.8, 4) is 5.75 Å². The Morgan fingerprint density at radius 3 is 3.12 bits per heavy atom. The molecule has 1 aromatic rings. The topological polar surface area (TPSA) is 57.7 Å². The summed E-state index contributed by atoms with van der Waals surface area (Å²) in [5, 5.41) is 0. The lowest BCUT2D eigenvalue weighted by Crippen LogP contribution is -2.24. The average Bonchev–Trinajstić information content (AvgIpc) is 2.28. The number of aromatic nitrogens is 1. The monoisotopic (exact) mass is 237 g/mol. The number of esters is 1. The van der Waals surface area contributed by atoms with Crippen LogP contribution in [0.25, 0.3) is 0 Å². The van der Waals surface area contributed by atoms with Crippen molar-refractivity contribution in [2.45, 2.75) is 40.3 Å². The van der Waals surface area contributed by atoms with Gasteiger partial charge in [0.2, 0.25) is 0 Å². The van der Waals surface area contributed by atoms with Crippen LogP contribution < -0.4 is 4.74 Å². The summed E-state index contributed by atoms with van der Waals surface area (Å²) in [6, 6.07) is 0. The summed E-state index contributed by atoms with van der Waals surface area (Å²) in [5.74, 6) is 0.429. The number of nitrogens with zero attached hydrogens (tertiary/aromatic N) is 1. The van der Waals surface area contributed by atoms with Crippen molar-refractivity contribution in [3.05, 3.63) is 23.0 Å². The van der Waals surface area contributed by atoms with Gasteiger partial charge in [0, 0.05) is 24.2 Å². The summed E-state index contributed by atoms with van der Waals surface area (Å²) in [5.41, 5.74) is 2.56. The van der Waals surface area contributed by atoms with E-state index in [2.05, 4.69) is 4.98 Å². The number of carbonyl (C=O) groups excluding carboxylic acids is 1. The molecule has 0 aromatic carbocycles. The molecule has 0 spiro atoms. The molecule has 2 rings (SSSR count). The number of pyridine rings is 1. The Labute approximate surface area is 99.7 Å². The van der Waals surface area contributed by atoms with Crippen molar-refractivity contribution in [1.82, 2.24) is 4.98 Å². The van der Waals surface area contributed by atoms with Gasteiger partial charge < -0.3 is 14.2 Å². The van der Waals surface area contributed by atoms with Crippen molar-refractivity contribution >= 4 is 5.97 Å². The van der Waals surface area contributed by atoms with Crippen LogP contribution in [0.2, 0.25) is 0 Å². The van der Waals surface area contributed by atoms with Crippen LogP contribution in [0.3, 0.4) is 0 Å². The van der Waals surface area contributed by atoms with Gasteiger partial charge in [-0.2, -0.15) is 0 Å². The number of ether oxygens (including phenoxy) is 3. The van der Waals surface area contributed by atoms with Gasteiger partial charge in [-0.3, -0.25) is 9.78 Å². The van der Waals surface area contributed by atoms with E-state index in [0.717, 1.165) is 22.6 Å². The molecule has 1 unspecified atom stereocenters. The highest BCUT2D eigenvalue weighted by Gasteiger charge is 2.22. The maximum absolute atomic E-state index is 10.8. The molecule has 0 saturated heterocycles. The summed E-state index contributed by atoms with van der Waals surface area (Å²) >= 11 is 0. The second kappa shape index (κ2) is 4.71. The van der Waals surface area contributed by atoms with Crippen molar-refractivity contribution in [2.24, 2.45) is 0 Å². The van der Waals surface area contributed by atoms with E-state index in [0.29, 0.717) is 6.61 Å². The molecule has 0 radical (unpaired) electrons. The third kappa shape index (κ3) is 2.55. The van der Waals surface area contributed by atoms with Gasteiger partial charge in [0.05, 0.1) is 12.3 Å². The molecule has 2 heterocycles. The first-order valence-corrected chi connectivity index (χ1v) is 5.47. The third-order valence-electron chi connectivity index (χ3n) is 2.58. The quantitative estimate of drug-likeness (QED) is 0.733. The molecule has 5 heteroatoms. The van der Waals surface area contributed by atoms with Gasteiger partial charge >= 0.3 is 5.97 Å². The molecule has 17 heavy (non-hydrogen) atoms. The lowest BCUT2D eigenvalue weighted by molar-refractivity contribution is -0.142. The third-order valence-corrected chi connectivity index (χ3v) is 2.58. The zero-order valence-electron chi connectivity index (χ0n) is 10.1. The van der Waals surface area contributed by atoms with Crippen LogP contribution in [0.5, 0.6) is 5.75 Å². The van der Waals surface area contributed by atoms with Crippen LogP contribution in [-0.2, 0) is 27.5 Å². The van der Waals surface area contributed by atoms with Crippen molar-refractivity contribution < 1.29 is 19.0 Å². The van der Waals surface area contributed by atoms with Crippen molar-refractivity contribution in [2.75, 3.05) is 0 Å². The molecule has 0 fully saturated rings. The van der Waals surface area contributed by atoms with E-state index in [-0.39, 0.29) is 18.9 Å². The highest BCUT2D eigenvalue weighted by atomic mass is 16.7. The highest BCUT2D eigenvalue weighted by molar-refractivity contribution is 5.66. The van der Waals surface area contributed by atoms with E-state index in [9.17, 15) is 4.79 Å². The first-order valence-electron chi connectivity index (χ1n) is 5.47. The number of rotatable bonds is 2. The van der Waals surface area contributed by atoms with Gasteiger partial charge in [0.15, 0.2) is 6.29 Å². The van der Waals surface area contributed by atoms with Crippen LogP contribution in [0.15, 0.2) is 6.20 Å². The van der Waals surface area contributed by atoms with Crippen LogP contribution in [0, 0.1) is 6.92 Å². The van der Waals surface area contributed by atoms with E-state index < -0.39 is 0 Å². The van der Waals surface area contributed by atoms with Gasteiger partial charge in [0.25, 0.3) is 0 Å². The first kappa shape index (κ1) is 11.9. The summed E-state index contributed by atoms with van der Waals surface area (Å²) < 4.78 is 16.0. The molecule has 1 aliphatic heterocycles. The Balaban J connectivity index is 2.29. The van der Waals surface area contributed by atoms with Crippen molar-refractivity contribution in [1.29, 1.82) is 0 Å². The predicted octanol–water partition coefficient (Wildman–Crippen LogP) is 1.71. The summed E-state index contributed by atoms with van der Waals surface area (Å²) in [6.07, 6.45) is 1.42. The summed E-state index contributed by atoms with van der Waals surface area (Å²) in [7, 11) is 0. The minimum absolute atomic E-state index is 0.200. The van der Waals surface area contributed by atoms with Crippen LogP contribution in [-0.4, -0.2) is 17.2 Å². The molecular formula is C12H15NO4. The second-order valence-corrected chi connectivity index (χ2v) is 3.95. The number of hydrogen-bond donors (Lipinski definition) is 0. The SMILES string of the molecule is CC(=O)OCc1cnc(C)c2c1COC(C)O2. The van der Waals surface area contributed by atoms with Gasteiger partial charge in [-0.05, 0) is 13.8 Å². The van der Waals surface area contributed by atoms with Crippen LogP contribution in [0.4, 0.5) is 0 Å². The standard InChI is InChI=1S/C12H15NO4/c1-7-12-11(6-16-9(3)17-12)10(4-13-7)5-15-8(2)14/h4,9H,5-6H2,1-3H3. The van der Waals surface area contributed by atoms with Gasteiger partial charge in [0.1, 0.15) is 12.4 Å². The van der Waals surface area contributed by atoms with E-state index in [4.69, 9.17) is 14.2 Å². The van der Waals surface area contributed by atoms with Crippen LogP contribution >= 0.6 is 0 Å². The van der Waals surface area contributed by atoms with Gasteiger partial charge in [-0.1, -0.05) is 0 Å². The lowest BCUT2D eigenvalue weighted by atomic mass is 10.1. The molecule has 1 aliphatic rings. The molecule has 1 atom stereocenters. The Bertz CT molecular complexity index is 444. The molecule has 5 nitrogen and oxygen atoms in total. The summed E-state index contributed by atoms with van der Waals surface area (Å²) in [6.45, 7) is 5.75. The lowest BCUT2D eigenvalue weighted by Gasteiger charge is -2.26. The summed E-state index contributed by atoms with van der Waals surface area (Å²) in [4.78, 5) is 15.0. The number of carbonyl (C=O) groups is 1. The van der Waals surface area contributed by atoms with Crippen LogP contribution in [0.1, 0.15) is 30.7 Å². The van der Waals surface area contributed by atoms with E-state index in [1.54, 1.807) is 6.20 Å². The predicted molar refractivity (Wildman–Crippen MR) is 59.3 cm³/mol. The maximum atomic E-state index is 10.8. The Hall–Kier alpha value is -1.62. The largest absolute Gasteiger partial charge is 0.463 e. The Morgan fingerprint density at radius 2 is 2.41 bits per heavy atom. The molecule has 0 aliphatic carbocycles. The van der Waals surface area contributed by atoms with Gasteiger partial charge in [-0.15, -0.1) is 0 Å². The minimum Gasteiger partial charge on any atom is -0.463 e. The second-order valence-electron chi connectivity index (χ2n) is 3.95. The molecular weight excluding hydrogens is 222 g/mol. The fraction of sp³-hybridized carbons (Fsp3) is 0.500. The normalized spacial score (nSPS) is 18.2. The number of fused-ring (bicyclic) bond motifs is 1. The fourth-order valence-electron chi connectivity index (χ4n) is 1.69. The van der Waals surface area contributed by atoms with E-state index in [1.165, 1.54) is 6.92 Å². The van der Waals surface area contributed by atoms with E-state index in [1.807, 2.05) is 13.8 Å². The zero-order valence-corrected chi connectivity index (χ0v) is 10.1. The molecule has 0 N–H and O–H groups in total. The fourth-order valence-corrected chi connectivity index (χ4v) is 1.69. The average molecular weight is 237 g/mol. The number of hydrogen-bond acceptors (Lipinski definition) is 5. The molecule has 1 aromatic heterocycles. The Morgan fingerprint density at radius 1 is 1.65 bits per heavy atom. The molecule has 0 bridgehead atoms. The smallest absolute Gasteiger partial charge is 0.302 e. The maximum Gasteiger partial charge on any atom is 0.302 e. The van der Waals surface area contributed by atoms with E-state index >= 15 is 0 Å². The minimum atomic E-state index is -0.315. The molecule has 0 saturated carbocycles. The Kier molecular flexibility index (Phi) is 3.28. The molecule has 0 amide bonds. The van der Waals surface area contributed by atoms with Gasteiger partial charge in [-0.25, -0.2) is 0 Å².